The lowest BCUT2D eigenvalue weighted by Gasteiger charge is -2.22. The van der Waals surface area contributed by atoms with Crippen molar-refractivity contribution >= 4 is 11.7 Å². The van der Waals surface area contributed by atoms with Crippen molar-refractivity contribution in [1.29, 1.82) is 0 Å². The van der Waals surface area contributed by atoms with E-state index in [1.807, 2.05) is 6.07 Å². The molecule has 114 valence electrons. The minimum absolute atomic E-state index is 0.266. The lowest BCUT2D eigenvalue weighted by atomic mass is 9.83. The molecule has 0 atom stereocenters. The van der Waals surface area contributed by atoms with Crippen LogP contribution in [0.1, 0.15) is 71.3 Å². The SMILES string of the molecule is Cc1ccnc(NC(=O)c2cc(C3CCC3)no2)c1C1CC1. The van der Waals surface area contributed by atoms with Gasteiger partial charge in [0.25, 0.3) is 5.91 Å². The fourth-order valence-electron chi connectivity index (χ4n) is 3.02. The number of carbonyl (C=O) groups excluding carboxylic acids is 1. The Morgan fingerprint density at radius 1 is 1.27 bits per heavy atom. The van der Waals surface area contributed by atoms with Crippen molar-refractivity contribution < 1.29 is 9.32 Å². The van der Waals surface area contributed by atoms with Gasteiger partial charge in [-0.3, -0.25) is 4.79 Å². The second kappa shape index (κ2) is 5.23. The average Bonchev–Trinajstić information content (AvgIpc) is 3.15. The summed E-state index contributed by atoms with van der Waals surface area (Å²) in [5.74, 6) is 1.66. The van der Waals surface area contributed by atoms with Crippen LogP contribution in [0.5, 0.6) is 0 Å². The van der Waals surface area contributed by atoms with Crippen LogP contribution < -0.4 is 5.32 Å². The molecule has 1 N–H and O–H groups in total. The Kier molecular flexibility index (Phi) is 3.21. The number of carbonyl (C=O) groups is 1. The molecule has 22 heavy (non-hydrogen) atoms. The second-order valence-electron chi connectivity index (χ2n) is 6.36. The van der Waals surface area contributed by atoms with Gasteiger partial charge >= 0.3 is 0 Å². The second-order valence-corrected chi connectivity index (χ2v) is 6.36. The van der Waals surface area contributed by atoms with Gasteiger partial charge in [0.05, 0.1) is 5.69 Å². The number of rotatable bonds is 4. The quantitative estimate of drug-likeness (QED) is 0.932. The van der Waals surface area contributed by atoms with Crippen LogP contribution in [0, 0.1) is 6.92 Å². The molecule has 2 saturated carbocycles. The molecule has 2 aliphatic rings. The molecule has 0 unspecified atom stereocenters. The lowest BCUT2D eigenvalue weighted by Crippen LogP contribution is -2.14. The van der Waals surface area contributed by atoms with Crippen LogP contribution in [0.2, 0.25) is 0 Å². The van der Waals surface area contributed by atoms with E-state index in [2.05, 4.69) is 22.4 Å². The van der Waals surface area contributed by atoms with Gasteiger partial charge in [0.1, 0.15) is 5.82 Å². The van der Waals surface area contributed by atoms with E-state index in [-0.39, 0.29) is 11.7 Å². The van der Waals surface area contributed by atoms with Crippen molar-refractivity contribution in [3.63, 3.8) is 0 Å². The van der Waals surface area contributed by atoms with Gasteiger partial charge in [-0.2, -0.15) is 0 Å². The number of nitrogens with one attached hydrogen (secondary N) is 1. The summed E-state index contributed by atoms with van der Waals surface area (Å²) >= 11 is 0. The van der Waals surface area contributed by atoms with Crippen LogP contribution in [0.15, 0.2) is 22.9 Å². The number of anilines is 1. The molecule has 2 aromatic heterocycles. The first-order valence-corrected chi connectivity index (χ1v) is 7.96. The van der Waals surface area contributed by atoms with E-state index in [9.17, 15) is 4.79 Å². The molecule has 2 aliphatic carbocycles. The largest absolute Gasteiger partial charge is 0.351 e. The Bertz CT molecular complexity index is 714. The first-order chi connectivity index (χ1) is 10.7. The highest BCUT2D eigenvalue weighted by Crippen LogP contribution is 2.44. The molecule has 2 aromatic rings. The fourth-order valence-corrected chi connectivity index (χ4v) is 3.02. The summed E-state index contributed by atoms with van der Waals surface area (Å²) in [5.41, 5.74) is 3.24. The van der Waals surface area contributed by atoms with Crippen molar-refractivity contribution in [2.75, 3.05) is 5.32 Å². The van der Waals surface area contributed by atoms with Crippen LogP contribution in [-0.4, -0.2) is 16.0 Å². The zero-order valence-electron chi connectivity index (χ0n) is 12.6. The van der Waals surface area contributed by atoms with Gasteiger partial charge in [-0.25, -0.2) is 4.98 Å². The molecule has 2 fully saturated rings. The molecule has 1 amide bonds. The fraction of sp³-hybridized carbons (Fsp3) is 0.471. The van der Waals surface area contributed by atoms with Crippen molar-refractivity contribution in [3.05, 3.63) is 40.9 Å². The van der Waals surface area contributed by atoms with E-state index in [0.717, 1.165) is 24.1 Å². The Hall–Kier alpha value is -2.17. The zero-order chi connectivity index (χ0) is 15.1. The number of hydrogen-bond acceptors (Lipinski definition) is 4. The number of pyridine rings is 1. The standard InChI is InChI=1S/C17H19N3O2/c1-10-7-8-18-16(15(10)12-5-6-12)19-17(21)14-9-13(20-22-14)11-3-2-4-11/h7-9,11-12H,2-6H2,1H3,(H,18,19,21). The molecule has 0 spiro atoms. The molecular formula is C17H19N3O2. The molecule has 5 nitrogen and oxygen atoms in total. The highest BCUT2D eigenvalue weighted by Gasteiger charge is 2.30. The third-order valence-corrected chi connectivity index (χ3v) is 4.70. The van der Waals surface area contributed by atoms with E-state index in [1.165, 1.54) is 24.8 Å². The van der Waals surface area contributed by atoms with Crippen LogP contribution >= 0.6 is 0 Å². The van der Waals surface area contributed by atoms with Gasteiger partial charge in [0.15, 0.2) is 0 Å². The van der Waals surface area contributed by atoms with E-state index < -0.39 is 0 Å². The molecule has 0 aliphatic heterocycles. The highest BCUT2D eigenvalue weighted by atomic mass is 16.5. The molecule has 2 heterocycles. The molecule has 5 heteroatoms. The van der Waals surface area contributed by atoms with E-state index in [4.69, 9.17) is 4.52 Å². The monoisotopic (exact) mass is 297 g/mol. The zero-order valence-corrected chi connectivity index (χ0v) is 12.6. The maximum atomic E-state index is 12.4. The first kappa shape index (κ1) is 13.5. The van der Waals surface area contributed by atoms with Crippen molar-refractivity contribution in [2.45, 2.75) is 50.9 Å². The average molecular weight is 297 g/mol. The van der Waals surface area contributed by atoms with Crippen LogP contribution in [-0.2, 0) is 0 Å². The van der Waals surface area contributed by atoms with Gasteiger partial charge in [-0.15, -0.1) is 0 Å². The predicted octanol–water partition coefficient (Wildman–Crippen LogP) is 3.78. The van der Waals surface area contributed by atoms with Gasteiger partial charge < -0.3 is 9.84 Å². The Morgan fingerprint density at radius 3 is 2.77 bits per heavy atom. The molecule has 0 aromatic carbocycles. The number of hydrogen-bond donors (Lipinski definition) is 1. The van der Waals surface area contributed by atoms with E-state index >= 15 is 0 Å². The van der Waals surface area contributed by atoms with Gasteiger partial charge in [0.2, 0.25) is 5.76 Å². The Morgan fingerprint density at radius 2 is 2.09 bits per heavy atom. The Balaban J connectivity index is 1.54. The van der Waals surface area contributed by atoms with Gasteiger partial charge in [-0.1, -0.05) is 11.6 Å². The predicted molar refractivity (Wildman–Crippen MR) is 82.0 cm³/mol. The lowest BCUT2D eigenvalue weighted by molar-refractivity contribution is 0.0987. The summed E-state index contributed by atoms with van der Waals surface area (Å²) in [5, 5.41) is 6.93. The summed E-state index contributed by atoms with van der Waals surface area (Å²) in [6.07, 6.45) is 7.58. The Labute approximate surface area is 129 Å². The normalized spacial score (nSPS) is 18.0. The van der Waals surface area contributed by atoms with Gasteiger partial charge in [0, 0.05) is 23.7 Å². The van der Waals surface area contributed by atoms with Crippen molar-refractivity contribution in [2.24, 2.45) is 0 Å². The molecule has 0 saturated heterocycles. The number of aryl methyl sites for hydroxylation is 1. The summed E-state index contributed by atoms with van der Waals surface area (Å²) in [6, 6.07) is 3.76. The molecule has 0 radical (unpaired) electrons. The number of aromatic nitrogens is 2. The molecule has 0 bridgehead atoms. The van der Waals surface area contributed by atoms with E-state index in [0.29, 0.717) is 17.7 Å². The summed E-state index contributed by atoms with van der Waals surface area (Å²) in [6.45, 7) is 2.06. The number of amides is 1. The third-order valence-electron chi connectivity index (χ3n) is 4.70. The van der Waals surface area contributed by atoms with Crippen molar-refractivity contribution in [1.82, 2.24) is 10.1 Å². The maximum absolute atomic E-state index is 12.4. The third kappa shape index (κ3) is 2.40. The molecular weight excluding hydrogens is 278 g/mol. The minimum atomic E-state index is -0.266. The maximum Gasteiger partial charge on any atom is 0.295 e. The van der Waals surface area contributed by atoms with Crippen LogP contribution in [0.25, 0.3) is 0 Å². The number of nitrogens with zero attached hydrogens (tertiary/aromatic N) is 2. The highest BCUT2D eigenvalue weighted by molar-refractivity contribution is 6.02. The molecule has 4 rings (SSSR count). The summed E-state index contributed by atoms with van der Waals surface area (Å²) in [7, 11) is 0. The summed E-state index contributed by atoms with van der Waals surface area (Å²) < 4.78 is 5.21. The topological polar surface area (TPSA) is 68.0 Å². The van der Waals surface area contributed by atoms with Crippen molar-refractivity contribution in [3.8, 4) is 0 Å². The van der Waals surface area contributed by atoms with Crippen LogP contribution in [0.3, 0.4) is 0 Å². The van der Waals surface area contributed by atoms with E-state index in [1.54, 1.807) is 12.3 Å². The van der Waals surface area contributed by atoms with Crippen LogP contribution in [0.4, 0.5) is 5.82 Å². The minimum Gasteiger partial charge on any atom is -0.351 e. The summed E-state index contributed by atoms with van der Waals surface area (Å²) in [4.78, 5) is 16.7. The smallest absolute Gasteiger partial charge is 0.295 e. The van der Waals surface area contributed by atoms with Gasteiger partial charge in [-0.05, 0) is 50.2 Å². The first-order valence-electron chi connectivity index (χ1n) is 7.96.